The normalized spacial score (nSPS) is 38.7. The van der Waals surface area contributed by atoms with Crippen LogP contribution in [0, 0.1) is 42.4 Å². The van der Waals surface area contributed by atoms with Crippen molar-refractivity contribution in [3.8, 4) is 5.75 Å². The predicted molar refractivity (Wildman–Crippen MR) is 211 cm³/mol. The molecular formula is C43H63ClO14. The highest BCUT2D eigenvalue weighted by atomic mass is 35.5. The number of aryl methyl sites for hydroxylation is 1. The molecule has 5 N–H and O–H groups in total. The number of carbonyl (C=O) groups is 3. The fourth-order valence-corrected chi connectivity index (χ4v) is 10.7. The first-order valence-corrected chi connectivity index (χ1v) is 20.8. The maximum absolute atomic E-state index is 14.3. The summed E-state index contributed by atoms with van der Waals surface area (Å²) in [6.07, 6.45) is -2.84. The van der Waals surface area contributed by atoms with Crippen LogP contribution in [-0.4, -0.2) is 117 Å². The second-order valence-corrected chi connectivity index (χ2v) is 18.0. The third kappa shape index (κ3) is 7.98. The summed E-state index contributed by atoms with van der Waals surface area (Å²) < 4.78 is 37.8. The molecule has 17 atom stereocenters. The van der Waals surface area contributed by atoms with E-state index in [1.54, 1.807) is 60.6 Å². The van der Waals surface area contributed by atoms with Gasteiger partial charge in [0, 0.05) is 42.2 Å². The first-order chi connectivity index (χ1) is 27.0. The molecule has 0 aromatic heterocycles. The first-order valence-electron chi connectivity index (χ1n) is 20.5. The number of carboxylic acids is 1. The van der Waals surface area contributed by atoms with E-state index in [1.165, 1.54) is 13.2 Å². The van der Waals surface area contributed by atoms with Gasteiger partial charge in [0.2, 0.25) is 5.79 Å². The zero-order valence-corrected chi connectivity index (χ0v) is 36.2. The smallest absolute Gasteiger partial charge is 0.339 e. The van der Waals surface area contributed by atoms with Crippen LogP contribution in [0.25, 0.3) is 0 Å². The standard InChI is InChI=1S/C43H63ClO14/c1-12-54-40(52)37-28(45)18-30(55-37)41(10)38(53-11)26(9)43(57-41)29(46)13-14-42(58-43)23(6)16-22(5)36(56-42)25(8)35(49)24(7)33(47)20(3)15-19(2)31-27(44)17-21(4)34(48)32(31)39(50)51/h13-14,17,19-20,22-26,28-30,33,36-38,45-48H,12,15-16,18H2,1-11H3,(H,50,51)/t19-,20+,22+,23-,24+,25+,26+,28+,29-,30-,33+,36-,37+,38+,41-,42-,43-/m0/s1. The van der Waals surface area contributed by atoms with Gasteiger partial charge in [0.15, 0.2) is 11.9 Å². The second kappa shape index (κ2) is 17.4. The Balaban J connectivity index is 1.35. The number of halogens is 1. The summed E-state index contributed by atoms with van der Waals surface area (Å²) in [7, 11) is 1.51. The van der Waals surface area contributed by atoms with E-state index in [4.69, 9.17) is 40.0 Å². The molecule has 3 saturated heterocycles. The molecule has 0 aliphatic carbocycles. The van der Waals surface area contributed by atoms with Crippen molar-refractivity contribution in [3.63, 3.8) is 0 Å². The van der Waals surface area contributed by atoms with E-state index < -0.39 is 101 Å². The molecule has 1 aromatic carbocycles. The lowest BCUT2D eigenvalue weighted by Gasteiger charge is -2.54. The number of hydrogen-bond donors (Lipinski definition) is 5. The Morgan fingerprint density at radius 2 is 1.72 bits per heavy atom. The number of Topliss-reactive ketones (excluding diaryl/α,β-unsaturated/α-hetero) is 1. The molecule has 4 heterocycles. The maximum Gasteiger partial charge on any atom is 0.339 e. The van der Waals surface area contributed by atoms with Gasteiger partial charge in [0.05, 0.1) is 37.1 Å². The number of aliphatic hydroxyl groups is 3. The van der Waals surface area contributed by atoms with E-state index in [9.17, 15) is 39.9 Å². The first kappa shape index (κ1) is 46.4. The van der Waals surface area contributed by atoms with Gasteiger partial charge in [0.1, 0.15) is 28.8 Å². The molecule has 1 aromatic rings. The zero-order chi connectivity index (χ0) is 43.4. The van der Waals surface area contributed by atoms with E-state index in [0.717, 1.165) is 0 Å². The summed E-state index contributed by atoms with van der Waals surface area (Å²) in [5.74, 6) is -9.24. The Morgan fingerprint density at radius 3 is 2.33 bits per heavy atom. The molecule has 0 bridgehead atoms. The number of benzene rings is 1. The van der Waals surface area contributed by atoms with Crippen LogP contribution < -0.4 is 0 Å². The number of carbonyl (C=O) groups excluding carboxylic acids is 2. The van der Waals surface area contributed by atoms with Crippen molar-refractivity contribution in [2.75, 3.05) is 13.7 Å². The molecule has 0 radical (unpaired) electrons. The Labute approximate surface area is 346 Å². The quantitative estimate of drug-likeness (QED) is 0.126. The minimum Gasteiger partial charge on any atom is -0.507 e. The molecule has 326 valence electrons. The van der Waals surface area contributed by atoms with E-state index in [0.29, 0.717) is 12.0 Å². The molecule has 0 unspecified atom stereocenters. The minimum atomic E-state index is -1.72. The predicted octanol–water partition coefficient (Wildman–Crippen LogP) is 5.31. The van der Waals surface area contributed by atoms with Gasteiger partial charge in [-0.2, -0.15) is 0 Å². The molecule has 15 heteroatoms. The fourth-order valence-electron chi connectivity index (χ4n) is 10.3. The van der Waals surface area contributed by atoms with E-state index >= 15 is 0 Å². The third-order valence-electron chi connectivity index (χ3n) is 13.5. The fraction of sp³-hybridized carbons (Fsp3) is 0.744. The van der Waals surface area contributed by atoms with E-state index in [1.807, 2.05) is 20.8 Å². The Kier molecular flexibility index (Phi) is 13.9. The highest BCUT2D eigenvalue weighted by molar-refractivity contribution is 6.32. The van der Waals surface area contributed by atoms with Crippen LogP contribution in [0.3, 0.4) is 0 Å². The van der Waals surface area contributed by atoms with Crippen LogP contribution in [0.15, 0.2) is 18.2 Å². The number of methoxy groups -OCH3 is 1. The minimum absolute atomic E-state index is 0.0417. The van der Waals surface area contributed by atoms with Crippen LogP contribution in [0.2, 0.25) is 5.02 Å². The Hall–Kier alpha value is -2.66. The third-order valence-corrected chi connectivity index (χ3v) is 13.8. The lowest BCUT2D eigenvalue weighted by Crippen LogP contribution is -2.64. The van der Waals surface area contributed by atoms with E-state index in [-0.39, 0.29) is 59.0 Å². The molecule has 3 fully saturated rings. The summed E-state index contributed by atoms with van der Waals surface area (Å²) in [5, 5.41) is 54.7. The number of esters is 1. The number of carboxylic acid groups (broad SMARTS) is 1. The maximum atomic E-state index is 14.3. The van der Waals surface area contributed by atoms with Crippen molar-refractivity contribution < 1.29 is 68.3 Å². The molecular weight excluding hydrogens is 776 g/mol. The molecule has 4 aliphatic rings. The molecule has 0 amide bonds. The number of phenols is 1. The summed E-state index contributed by atoms with van der Waals surface area (Å²) >= 11 is 6.50. The molecule has 14 nitrogen and oxygen atoms in total. The van der Waals surface area contributed by atoms with Gasteiger partial charge >= 0.3 is 11.9 Å². The highest BCUT2D eigenvalue weighted by Crippen LogP contribution is 2.56. The Bertz CT molecular complexity index is 1740. The van der Waals surface area contributed by atoms with Crippen LogP contribution in [0.4, 0.5) is 0 Å². The van der Waals surface area contributed by atoms with Crippen molar-refractivity contribution in [1.82, 2.24) is 0 Å². The van der Waals surface area contributed by atoms with Gasteiger partial charge < -0.3 is 54.0 Å². The molecule has 4 aliphatic heterocycles. The summed E-state index contributed by atoms with van der Waals surface area (Å²) in [6.45, 7) is 17.9. The van der Waals surface area contributed by atoms with Crippen LogP contribution in [0.5, 0.6) is 5.75 Å². The van der Waals surface area contributed by atoms with Gasteiger partial charge in [-0.05, 0) is 80.7 Å². The Morgan fingerprint density at radius 1 is 1.07 bits per heavy atom. The van der Waals surface area contributed by atoms with Crippen LogP contribution in [-0.2, 0) is 38.0 Å². The molecule has 5 rings (SSSR count). The van der Waals surface area contributed by atoms with Crippen molar-refractivity contribution in [2.24, 2.45) is 35.5 Å². The molecule has 58 heavy (non-hydrogen) atoms. The topological polar surface area (TPSA) is 208 Å². The van der Waals surface area contributed by atoms with E-state index in [2.05, 4.69) is 0 Å². The van der Waals surface area contributed by atoms with Gasteiger partial charge in [-0.3, -0.25) is 4.79 Å². The van der Waals surface area contributed by atoms with Crippen LogP contribution >= 0.6 is 11.6 Å². The van der Waals surface area contributed by atoms with Gasteiger partial charge in [-0.1, -0.05) is 60.1 Å². The summed E-state index contributed by atoms with van der Waals surface area (Å²) in [6, 6.07) is 1.52. The lowest BCUT2D eigenvalue weighted by molar-refractivity contribution is -0.414. The zero-order valence-electron chi connectivity index (χ0n) is 35.4. The average molecular weight is 839 g/mol. The highest BCUT2D eigenvalue weighted by Gasteiger charge is 2.70. The second-order valence-electron chi connectivity index (χ2n) is 17.6. The lowest BCUT2D eigenvalue weighted by atomic mass is 9.74. The summed E-state index contributed by atoms with van der Waals surface area (Å²) in [4.78, 5) is 39.0. The average Bonchev–Trinajstić information content (AvgIpc) is 3.66. The summed E-state index contributed by atoms with van der Waals surface area (Å²) in [5.41, 5.74) is -0.978. The molecule has 0 saturated carbocycles. The largest absolute Gasteiger partial charge is 0.507 e. The van der Waals surface area contributed by atoms with Gasteiger partial charge in [0.25, 0.3) is 0 Å². The number of aliphatic hydroxyl groups excluding tert-OH is 3. The van der Waals surface area contributed by atoms with Crippen LogP contribution in [0.1, 0.15) is 109 Å². The van der Waals surface area contributed by atoms with Gasteiger partial charge in [-0.15, -0.1) is 0 Å². The molecule has 2 spiro atoms. The number of hydrogen-bond acceptors (Lipinski definition) is 13. The number of ketones is 1. The van der Waals surface area contributed by atoms with Crippen molar-refractivity contribution in [1.29, 1.82) is 0 Å². The SMILES string of the molecule is CCOC(=O)[C@@H]1O[C@H]([C@]2(C)O[C@]3(O[C@]4(C=C[C@@H]3O)O[C@H]([C@H](C)C(=O)[C@H](C)[C@H](O)[C@H](C)C[C@H](C)c3c(Cl)cc(C)c(O)c3C(=O)O)[C@H](C)C[C@@H]4C)[C@H](C)[C@H]2OC)C[C@H]1O. The number of rotatable bonds is 13. The number of aromatic hydroxyl groups is 1. The number of aromatic carboxylic acids is 1. The van der Waals surface area contributed by atoms with Crippen molar-refractivity contribution in [3.05, 3.63) is 39.9 Å². The monoisotopic (exact) mass is 838 g/mol. The van der Waals surface area contributed by atoms with Gasteiger partial charge in [-0.25, -0.2) is 9.59 Å². The number of ether oxygens (including phenoxy) is 6. The van der Waals surface area contributed by atoms with Crippen molar-refractivity contribution in [2.45, 2.75) is 154 Å². The van der Waals surface area contributed by atoms with Crippen molar-refractivity contribution >= 4 is 29.3 Å².